The highest BCUT2D eigenvalue weighted by molar-refractivity contribution is 6.31. The Morgan fingerprint density at radius 3 is 1.46 bits per heavy atom. The summed E-state index contributed by atoms with van der Waals surface area (Å²) < 4.78 is 23.1. The van der Waals surface area contributed by atoms with Crippen LogP contribution in [0.3, 0.4) is 0 Å². The van der Waals surface area contributed by atoms with Crippen LogP contribution in [0, 0.1) is 0 Å². The number of carbonyl (C=O) groups excluding carboxylic acids is 2. The zero-order valence-corrected chi connectivity index (χ0v) is 21.7. The molecule has 0 aromatic heterocycles. The normalized spacial score (nSPS) is 10.8. The first-order valence-corrected chi connectivity index (χ1v) is 12.8. The van der Waals surface area contributed by atoms with Gasteiger partial charge in [-0.05, 0) is 42.5 Å². The lowest BCUT2D eigenvalue weighted by molar-refractivity contribution is 0.0443. The molecule has 196 valence electrons. The summed E-state index contributed by atoms with van der Waals surface area (Å²) in [5.74, 6) is 0.434. The van der Waals surface area contributed by atoms with Gasteiger partial charge in [0.25, 0.3) is 0 Å². The van der Waals surface area contributed by atoms with Crippen LogP contribution >= 0.6 is 11.6 Å². The number of ether oxygens (including phenoxy) is 4. The minimum absolute atomic E-state index is 0.0785. The Labute approximate surface area is 230 Å². The van der Waals surface area contributed by atoms with Gasteiger partial charge in [0.1, 0.15) is 37.9 Å². The minimum Gasteiger partial charge on any atom is -0.489 e. The monoisotopic (exact) mass is 540 g/mol. The predicted octanol–water partition coefficient (Wildman–Crippen LogP) is 7.12. The second kappa shape index (κ2) is 12.3. The maximum atomic E-state index is 12.3. The number of hydrogen-bond donors (Lipinski definition) is 0. The van der Waals surface area contributed by atoms with Crippen LogP contribution in [-0.2, 0) is 9.47 Å². The van der Waals surface area contributed by atoms with E-state index < -0.39 is 11.9 Å². The second-order valence-corrected chi connectivity index (χ2v) is 9.03. The Bertz CT molecular complexity index is 1600. The van der Waals surface area contributed by atoms with Gasteiger partial charge in [-0.1, -0.05) is 72.3 Å². The van der Waals surface area contributed by atoms with E-state index in [0.717, 1.165) is 21.5 Å². The number of esters is 2. The average molecular weight is 541 g/mol. The Morgan fingerprint density at radius 1 is 0.513 bits per heavy atom. The zero-order chi connectivity index (χ0) is 27.0. The van der Waals surface area contributed by atoms with Crippen molar-refractivity contribution in [2.45, 2.75) is 0 Å². The van der Waals surface area contributed by atoms with E-state index in [1.807, 2.05) is 48.5 Å². The predicted molar refractivity (Wildman–Crippen MR) is 151 cm³/mol. The van der Waals surface area contributed by atoms with Crippen LogP contribution in [-0.4, -0.2) is 38.4 Å². The molecule has 0 bridgehead atoms. The van der Waals surface area contributed by atoms with Crippen LogP contribution in [0.2, 0.25) is 5.02 Å². The number of fused-ring (bicyclic) bond motifs is 2. The maximum absolute atomic E-state index is 12.3. The van der Waals surface area contributed by atoms with Crippen molar-refractivity contribution < 1.29 is 28.5 Å². The highest BCUT2D eigenvalue weighted by Gasteiger charge is 2.17. The summed E-state index contributed by atoms with van der Waals surface area (Å²) in [5.41, 5.74) is 0.968. The molecule has 7 heteroatoms. The molecule has 0 radical (unpaired) electrons. The van der Waals surface area contributed by atoms with Gasteiger partial charge in [-0.3, -0.25) is 0 Å². The summed E-state index contributed by atoms with van der Waals surface area (Å²) in [4.78, 5) is 24.5. The molecule has 0 amide bonds. The van der Waals surface area contributed by atoms with Crippen molar-refractivity contribution in [1.29, 1.82) is 0 Å². The maximum Gasteiger partial charge on any atom is 0.338 e. The summed E-state index contributed by atoms with van der Waals surface area (Å²) in [6, 6.07) is 30.8. The van der Waals surface area contributed by atoms with Crippen molar-refractivity contribution >= 4 is 45.1 Å². The second-order valence-electron chi connectivity index (χ2n) is 8.59. The molecule has 0 saturated heterocycles. The summed E-state index contributed by atoms with van der Waals surface area (Å²) >= 11 is 6.36. The van der Waals surface area contributed by atoms with Gasteiger partial charge in [0.15, 0.2) is 0 Å². The van der Waals surface area contributed by atoms with E-state index in [4.69, 9.17) is 30.5 Å². The summed E-state index contributed by atoms with van der Waals surface area (Å²) in [6.45, 7) is 0.479. The molecule has 5 aromatic rings. The zero-order valence-electron chi connectivity index (χ0n) is 21.0. The molecule has 0 heterocycles. The smallest absolute Gasteiger partial charge is 0.338 e. The Balaban J connectivity index is 1.34. The van der Waals surface area contributed by atoms with Crippen LogP contribution in [0.5, 0.6) is 11.5 Å². The number of carbonyl (C=O) groups is 2. The molecule has 0 aliphatic heterocycles. The van der Waals surface area contributed by atoms with E-state index in [-0.39, 0.29) is 26.4 Å². The summed E-state index contributed by atoms with van der Waals surface area (Å²) in [6.07, 6.45) is 0. The van der Waals surface area contributed by atoms with Crippen molar-refractivity contribution in [1.82, 2.24) is 0 Å². The van der Waals surface area contributed by atoms with Crippen molar-refractivity contribution in [3.05, 3.63) is 119 Å². The molecule has 0 spiro atoms. The van der Waals surface area contributed by atoms with Crippen LogP contribution in [0.4, 0.5) is 0 Å². The fourth-order valence-corrected chi connectivity index (χ4v) is 4.43. The van der Waals surface area contributed by atoms with E-state index in [1.54, 1.807) is 54.6 Å². The molecule has 0 atom stereocenters. The molecule has 6 nitrogen and oxygen atoms in total. The number of halogens is 1. The molecule has 39 heavy (non-hydrogen) atoms. The molecule has 0 N–H and O–H groups in total. The highest BCUT2D eigenvalue weighted by atomic mass is 35.5. The standard InChI is InChI=1S/C32H25ClO6/c33-24-15-16-27-28(21-24)30(37-18-20-39-32(35)23-11-5-2-6-12-23)26-14-8-7-13-25(26)29(27)36-17-19-38-31(34)22-9-3-1-4-10-22/h1-16,21H,17-20H2. The number of benzene rings is 5. The lowest BCUT2D eigenvalue weighted by atomic mass is 10.0. The van der Waals surface area contributed by atoms with Crippen molar-refractivity contribution in [2.24, 2.45) is 0 Å². The van der Waals surface area contributed by atoms with Crippen LogP contribution in [0.1, 0.15) is 20.7 Å². The molecule has 5 aromatic carbocycles. The first-order chi connectivity index (χ1) is 19.1. The van der Waals surface area contributed by atoms with E-state index >= 15 is 0 Å². The van der Waals surface area contributed by atoms with E-state index in [0.29, 0.717) is 27.6 Å². The lowest BCUT2D eigenvalue weighted by Crippen LogP contribution is -2.13. The van der Waals surface area contributed by atoms with Gasteiger partial charge in [0, 0.05) is 26.6 Å². The van der Waals surface area contributed by atoms with Crippen molar-refractivity contribution in [2.75, 3.05) is 26.4 Å². The summed E-state index contributed by atoms with van der Waals surface area (Å²) in [7, 11) is 0. The molecular weight excluding hydrogens is 516 g/mol. The molecule has 0 unspecified atom stereocenters. The Hall–Kier alpha value is -4.55. The first-order valence-electron chi connectivity index (χ1n) is 12.5. The van der Waals surface area contributed by atoms with Crippen LogP contribution < -0.4 is 9.47 Å². The van der Waals surface area contributed by atoms with E-state index in [9.17, 15) is 9.59 Å². The Kier molecular flexibility index (Phi) is 8.24. The third-order valence-electron chi connectivity index (χ3n) is 6.03. The molecule has 0 fully saturated rings. The Morgan fingerprint density at radius 2 is 0.949 bits per heavy atom. The molecule has 0 aliphatic carbocycles. The van der Waals surface area contributed by atoms with Gasteiger partial charge in [-0.25, -0.2) is 9.59 Å². The van der Waals surface area contributed by atoms with Gasteiger partial charge in [-0.2, -0.15) is 0 Å². The van der Waals surface area contributed by atoms with Crippen LogP contribution in [0.25, 0.3) is 21.5 Å². The van der Waals surface area contributed by atoms with E-state index in [1.165, 1.54) is 0 Å². The van der Waals surface area contributed by atoms with Crippen LogP contribution in [0.15, 0.2) is 103 Å². The van der Waals surface area contributed by atoms with Gasteiger partial charge >= 0.3 is 11.9 Å². The van der Waals surface area contributed by atoms with E-state index in [2.05, 4.69) is 0 Å². The third-order valence-corrected chi connectivity index (χ3v) is 6.27. The molecule has 0 aliphatic rings. The fraction of sp³-hybridized carbons (Fsp3) is 0.125. The minimum atomic E-state index is -0.409. The number of rotatable bonds is 10. The topological polar surface area (TPSA) is 71.1 Å². The summed E-state index contributed by atoms with van der Waals surface area (Å²) in [5, 5.41) is 3.74. The molecular formula is C32H25ClO6. The van der Waals surface area contributed by atoms with Gasteiger partial charge in [0.2, 0.25) is 0 Å². The van der Waals surface area contributed by atoms with Gasteiger partial charge in [-0.15, -0.1) is 0 Å². The van der Waals surface area contributed by atoms with Gasteiger partial charge < -0.3 is 18.9 Å². The first kappa shape index (κ1) is 26.1. The third kappa shape index (κ3) is 6.13. The highest BCUT2D eigenvalue weighted by Crippen LogP contribution is 2.43. The quantitative estimate of drug-likeness (QED) is 0.107. The number of hydrogen-bond acceptors (Lipinski definition) is 6. The average Bonchev–Trinajstić information content (AvgIpc) is 2.98. The van der Waals surface area contributed by atoms with Gasteiger partial charge in [0.05, 0.1) is 11.1 Å². The SMILES string of the molecule is O=C(OCCOc1c2ccccc2c(OCCOC(=O)c2ccccc2)c2cc(Cl)ccc12)c1ccccc1. The fourth-order valence-electron chi connectivity index (χ4n) is 4.25. The van der Waals surface area contributed by atoms with Crippen molar-refractivity contribution in [3.8, 4) is 11.5 Å². The largest absolute Gasteiger partial charge is 0.489 e. The molecule has 0 saturated carbocycles. The van der Waals surface area contributed by atoms with Crippen molar-refractivity contribution in [3.63, 3.8) is 0 Å². The molecule has 5 rings (SSSR count). The lowest BCUT2D eigenvalue weighted by Gasteiger charge is -2.18.